The van der Waals surface area contributed by atoms with E-state index in [1.165, 1.54) is 16.6 Å². The van der Waals surface area contributed by atoms with Crippen molar-refractivity contribution in [2.75, 3.05) is 0 Å². The molecule has 0 unspecified atom stereocenters. The van der Waals surface area contributed by atoms with Gasteiger partial charge < -0.3 is 4.57 Å². The summed E-state index contributed by atoms with van der Waals surface area (Å²) in [7, 11) is 1.98. The summed E-state index contributed by atoms with van der Waals surface area (Å²) < 4.78 is 5.29. The van der Waals surface area contributed by atoms with E-state index < -0.39 is 0 Å². The Morgan fingerprint density at radius 2 is 2.00 bits per heavy atom. The zero-order valence-electron chi connectivity index (χ0n) is 10.4. The second-order valence-corrected chi connectivity index (χ2v) is 5.27. The molecule has 3 aromatic rings. The van der Waals surface area contributed by atoms with Gasteiger partial charge in [0.2, 0.25) is 0 Å². The van der Waals surface area contributed by atoms with Crippen molar-refractivity contribution in [3.8, 4) is 0 Å². The molecule has 0 aliphatic heterocycles. The minimum absolute atomic E-state index is 0.825. The molecule has 0 atom stereocenters. The third kappa shape index (κ3) is 1.77. The van der Waals surface area contributed by atoms with Crippen LogP contribution in [0.4, 0.5) is 0 Å². The highest BCUT2D eigenvalue weighted by Crippen LogP contribution is 2.23. The molecular formula is C14H14BrN3. The van der Waals surface area contributed by atoms with E-state index in [2.05, 4.69) is 62.1 Å². The Kier molecular flexibility index (Phi) is 2.74. The highest BCUT2D eigenvalue weighted by atomic mass is 79.9. The van der Waals surface area contributed by atoms with Crippen LogP contribution in [0.1, 0.15) is 11.4 Å². The minimum Gasteiger partial charge on any atom is -0.341 e. The van der Waals surface area contributed by atoms with E-state index in [4.69, 9.17) is 0 Å². The van der Waals surface area contributed by atoms with Gasteiger partial charge in [0.15, 0.2) is 0 Å². The Hall–Kier alpha value is -1.55. The van der Waals surface area contributed by atoms with Crippen LogP contribution in [0.25, 0.3) is 10.9 Å². The van der Waals surface area contributed by atoms with Gasteiger partial charge in [-0.25, -0.2) is 0 Å². The van der Waals surface area contributed by atoms with Crippen molar-refractivity contribution in [3.05, 3.63) is 52.4 Å². The molecule has 0 N–H and O–H groups in total. The van der Waals surface area contributed by atoms with Gasteiger partial charge in [0.05, 0.1) is 22.4 Å². The average Bonchev–Trinajstić information content (AvgIpc) is 2.87. The molecule has 0 saturated heterocycles. The number of hydrogen-bond donors (Lipinski definition) is 0. The second kappa shape index (κ2) is 4.28. The summed E-state index contributed by atoms with van der Waals surface area (Å²) >= 11 is 3.61. The Bertz CT molecular complexity index is 709. The van der Waals surface area contributed by atoms with Gasteiger partial charge in [0.25, 0.3) is 0 Å². The smallest absolute Gasteiger partial charge is 0.0739 e. The van der Waals surface area contributed by atoms with Crippen molar-refractivity contribution < 1.29 is 0 Å². The Morgan fingerprint density at radius 3 is 2.72 bits per heavy atom. The molecule has 0 spiro atoms. The molecule has 1 aromatic carbocycles. The fourth-order valence-corrected chi connectivity index (χ4v) is 2.75. The van der Waals surface area contributed by atoms with E-state index >= 15 is 0 Å². The first-order valence-electron chi connectivity index (χ1n) is 5.88. The van der Waals surface area contributed by atoms with E-state index in [-0.39, 0.29) is 0 Å². The summed E-state index contributed by atoms with van der Waals surface area (Å²) in [6.07, 6.45) is 2.12. The number of rotatable bonds is 2. The van der Waals surface area contributed by atoms with Gasteiger partial charge in [0, 0.05) is 18.8 Å². The number of halogens is 1. The minimum atomic E-state index is 0.825. The predicted molar refractivity (Wildman–Crippen MR) is 76.7 cm³/mol. The molecule has 0 bridgehead atoms. The maximum atomic E-state index is 4.43. The van der Waals surface area contributed by atoms with Crippen molar-refractivity contribution in [3.63, 3.8) is 0 Å². The van der Waals surface area contributed by atoms with Crippen LogP contribution in [-0.4, -0.2) is 14.3 Å². The zero-order valence-corrected chi connectivity index (χ0v) is 12.0. The molecule has 0 saturated carbocycles. The molecule has 3 nitrogen and oxygen atoms in total. The number of aryl methyl sites for hydroxylation is 2. The zero-order chi connectivity index (χ0) is 12.7. The van der Waals surface area contributed by atoms with E-state index in [0.717, 1.165) is 16.7 Å². The highest BCUT2D eigenvalue weighted by Gasteiger charge is 2.11. The number of benzene rings is 1. The number of para-hydroxylation sites is 1. The molecule has 18 heavy (non-hydrogen) atoms. The van der Waals surface area contributed by atoms with Gasteiger partial charge in [-0.15, -0.1) is 0 Å². The number of aromatic nitrogens is 3. The highest BCUT2D eigenvalue weighted by molar-refractivity contribution is 9.10. The lowest BCUT2D eigenvalue weighted by atomic mass is 10.2. The molecule has 2 aromatic heterocycles. The molecule has 92 valence electrons. The molecule has 0 aliphatic rings. The molecule has 0 fully saturated rings. The lowest BCUT2D eigenvalue weighted by Gasteiger charge is -2.06. The van der Waals surface area contributed by atoms with Crippen molar-refractivity contribution >= 4 is 26.8 Å². The predicted octanol–water partition coefficient (Wildman–Crippen LogP) is 3.49. The molecule has 3 rings (SSSR count). The average molecular weight is 304 g/mol. The second-order valence-electron chi connectivity index (χ2n) is 4.47. The first-order valence-corrected chi connectivity index (χ1v) is 6.68. The fraction of sp³-hybridized carbons (Fsp3) is 0.214. The molecular weight excluding hydrogens is 290 g/mol. The summed E-state index contributed by atoms with van der Waals surface area (Å²) in [6, 6.07) is 10.6. The van der Waals surface area contributed by atoms with Gasteiger partial charge in [-0.2, -0.15) is 5.10 Å². The molecule has 4 heteroatoms. The monoisotopic (exact) mass is 303 g/mol. The third-order valence-electron chi connectivity index (χ3n) is 3.26. The Labute approximate surface area is 114 Å². The van der Waals surface area contributed by atoms with Gasteiger partial charge in [0.1, 0.15) is 0 Å². The lowest BCUT2D eigenvalue weighted by molar-refractivity contribution is 0.672. The van der Waals surface area contributed by atoms with Crippen LogP contribution < -0.4 is 0 Å². The third-order valence-corrected chi connectivity index (χ3v) is 4.29. The van der Waals surface area contributed by atoms with Crippen LogP contribution in [0.3, 0.4) is 0 Å². The van der Waals surface area contributed by atoms with Crippen LogP contribution in [0.5, 0.6) is 0 Å². The van der Waals surface area contributed by atoms with Gasteiger partial charge in [-0.05, 0) is 40.4 Å². The topological polar surface area (TPSA) is 22.8 Å². The largest absolute Gasteiger partial charge is 0.341 e. The maximum absolute atomic E-state index is 4.43. The number of nitrogens with zero attached hydrogens (tertiary/aromatic N) is 3. The van der Waals surface area contributed by atoms with Crippen molar-refractivity contribution in [2.24, 2.45) is 7.05 Å². The van der Waals surface area contributed by atoms with E-state index in [1.54, 1.807) is 0 Å². The first-order chi connectivity index (χ1) is 8.66. The number of fused-ring (bicyclic) bond motifs is 1. The van der Waals surface area contributed by atoms with Crippen LogP contribution in [-0.2, 0) is 13.6 Å². The Balaban J connectivity index is 2.07. The maximum Gasteiger partial charge on any atom is 0.0739 e. The molecule has 0 radical (unpaired) electrons. The summed E-state index contributed by atoms with van der Waals surface area (Å²) in [5.41, 5.74) is 3.47. The SMILES string of the molecule is Cc1nn(C)c(Cn2ccc3ccccc32)c1Br. The lowest BCUT2D eigenvalue weighted by Crippen LogP contribution is -2.05. The first kappa shape index (κ1) is 11.5. The number of hydrogen-bond acceptors (Lipinski definition) is 1. The van der Waals surface area contributed by atoms with E-state index in [1.807, 2.05) is 18.7 Å². The normalized spacial score (nSPS) is 11.3. The molecule has 0 amide bonds. The quantitative estimate of drug-likeness (QED) is 0.710. The summed E-state index contributed by atoms with van der Waals surface area (Å²) in [5.74, 6) is 0. The van der Waals surface area contributed by atoms with Crippen molar-refractivity contribution in [2.45, 2.75) is 13.5 Å². The van der Waals surface area contributed by atoms with Crippen molar-refractivity contribution in [1.82, 2.24) is 14.3 Å². The van der Waals surface area contributed by atoms with Gasteiger partial charge in [-0.1, -0.05) is 18.2 Å². The van der Waals surface area contributed by atoms with Crippen LogP contribution in [0.2, 0.25) is 0 Å². The van der Waals surface area contributed by atoms with Crippen LogP contribution in [0.15, 0.2) is 41.0 Å². The van der Waals surface area contributed by atoms with Gasteiger partial charge >= 0.3 is 0 Å². The van der Waals surface area contributed by atoms with Crippen molar-refractivity contribution in [1.29, 1.82) is 0 Å². The Morgan fingerprint density at radius 1 is 1.22 bits per heavy atom. The summed E-state index contributed by atoms with van der Waals surface area (Å²) in [6.45, 7) is 2.84. The molecule has 2 heterocycles. The standard InChI is InChI=1S/C14H14BrN3/c1-10-14(15)13(17(2)16-10)9-18-8-7-11-5-3-4-6-12(11)18/h3-8H,9H2,1-2H3. The fourth-order valence-electron chi connectivity index (χ4n) is 2.29. The van der Waals surface area contributed by atoms with Gasteiger partial charge in [-0.3, -0.25) is 4.68 Å². The van der Waals surface area contributed by atoms with Crippen LogP contribution >= 0.6 is 15.9 Å². The summed E-state index contributed by atoms with van der Waals surface area (Å²) in [4.78, 5) is 0. The van der Waals surface area contributed by atoms with Crippen LogP contribution in [0, 0.1) is 6.92 Å². The summed E-state index contributed by atoms with van der Waals surface area (Å²) in [5, 5.41) is 5.70. The van der Waals surface area contributed by atoms with E-state index in [0.29, 0.717) is 0 Å². The van der Waals surface area contributed by atoms with E-state index in [9.17, 15) is 0 Å². The molecule has 0 aliphatic carbocycles.